The summed E-state index contributed by atoms with van der Waals surface area (Å²) in [6.07, 6.45) is -1.30. The van der Waals surface area contributed by atoms with Crippen LogP contribution in [0.1, 0.15) is 34.5 Å². The monoisotopic (exact) mass is 378 g/mol. The minimum Gasteiger partial charge on any atom is -0.386 e. The molecule has 3 aromatic rings. The van der Waals surface area contributed by atoms with Crippen molar-refractivity contribution in [1.29, 1.82) is 0 Å². The summed E-state index contributed by atoms with van der Waals surface area (Å²) in [7, 11) is 0. The summed E-state index contributed by atoms with van der Waals surface area (Å²) in [5, 5.41) is 20.4. The van der Waals surface area contributed by atoms with Crippen molar-refractivity contribution in [2.75, 3.05) is 13.2 Å². The van der Waals surface area contributed by atoms with Gasteiger partial charge < -0.3 is 19.7 Å². The topological polar surface area (TPSA) is 58.9 Å². The first-order valence-corrected chi connectivity index (χ1v) is 9.42. The Morgan fingerprint density at radius 1 is 0.536 bits per heavy atom. The van der Waals surface area contributed by atoms with Crippen LogP contribution in [0.4, 0.5) is 0 Å². The summed E-state index contributed by atoms with van der Waals surface area (Å²) in [5.41, 5.74) is 3.71. The quantitative estimate of drug-likeness (QED) is 0.555. The van der Waals surface area contributed by atoms with Gasteiger partial charge in [-0.3, -0.25) is 0 Å². The van der Waals surface area contributed by atoms with E-state index in [1.165, 1.54) is 0 Å². The van der Waals surface area contributed by atoms with Gasteiger partial charge in [0.25, 0.3) is 0 Å². The average Bonchev–Trinajstić information content (AvgIpc) is 2.76. The zero-order valence-electron chi connectivity index (χ0n) is 15.8. The number of aliphatic hydroxyl groups is 2. The second kappa shape index (κ2) is 10.7. The SMILES string of the molecule is O[C@@H](COCc1ccccc1COC[C@H](O)c1ccccc1)c1ccccc1. The fourth-order valence-electron chi connectivity index (χ4n) is 2.94. The van der Waals surface area contributed by atoms with E-state index in [1.807, 2.05) is 84.9 Å². The Balaban J connectivity index is 1.47. The lowest BCUT2D eigenvalue weighted by Crippen LogP contribution is -2.10. The molecule has 3 rings (SSSR count). The Morgan fingerprint density at radius 2 is 0.893 bits per heavy atom. The zero-order chi connectivity index (χ0) is 19.6. The number of aliphatic hydroxyl groups excluding tert-OH is 2. The average molecular weight is 378 g/mol. The molecule has 0 saturated heterocycles. The number of ether oxygens (including phenoxy) is 2. The molecule has 0 fully saturated rings. The van der Waals surface area contributed by atoms with Crippen molar-refractivity contribution < 1.29 is 19.7 Å². The minimum atomic E-state index is -0.648. The van der Waals surface area contributed by atoms with Gasteiger partial charge in [-0.1, -0.05) is 84.9 Å². The van der Waals surface area contributed by atoms with Gasteiger partial charge in [0.05, 0.1) is 26.4 Å². The molecule has 4 nitrogen and oxygen atoms in total. The molecule has 0 aliphatic carbocycles. The molecule has 2 atom stereocenters. The van der Waals surface area contributed by atoms with E-state index in [-0.39, 0.29) is 13.2 Å². The van der Waals surface area contributed by atoms with Crippen molar-refractivity contribution >= 4 is 0 Å². The summed E-state index contributed by atoms with van der Waals surface area (Å²) >= 11 is 0. The summed E-state index contributed by atoms with van der Waals surface area (Å²) in [6.45, 7) is 1.24. The van der Waals surface area contributed by atoms with E-state index in [0.717, 1.165) is 22.3 Å². The highest BCUT2D eigenvalue weighted by Crippen LogP contribution is 2.17. The molecule has 0 aliphatic rings. The van der Waals surface area contributed by atoms with Crippen molar-refractivity contribution in [3.05, 3.63) is 107 Å². The zero-order valence-corrected chi connectivity index (χ0v) is 15.8. The van der Waals surface area contributed by atoms with Crippen LogP contribution >= 0.6 is 0 Å². The standard InChI is InChI=1S/C24H26O4/c25-23(19-9-3-1-4-10-19)17-27-15-21-13-7-8-14-22(21)16-28-18-24(26)20-11-5-2-6-12-20/h1-14,23-26H,15-18H2/t23-,24-/m0/s1. The molecule has 0 aliphatic heterocycles. The molecule has 0 radical (unpaired) electrons. The summed E-state index contributed by atoms with van der Waals surface area (Å²) < 4.78 is 11.4. The minimum absolute atomic E-state index is 0.228. The maximum absolute atomic E-state index is 10.2. The van der Waals surface area contributed by atoms with Crippen LogP contribution in [0.2, 0.25) is 0 Å². The fraction of sp³-hybridized carbons (Fsp3) is 0.250. The molecule has 0 saturated carbocycles. The van der Waals surface area contributed by atoms with Gasteiger partial charge >= 0.3 is 0 Å². The second-order valence-electron chi connectivity index (χ2n) is 6.65. The molecule has 0 spiro atoms. The molecule has 0 heterocycles. The highest BCUT2D eigenvalue weighted by Gasteiger charge is 2.10. The van der Waals surface area contributed by atoms with E-state index in [0.29, 0.717) is 13.2 Å². The van der Waals surface area contributed by atoms with Crippen LogP contribution in [0, 0.1) is 0 Å². The summed E-state index contributed by atoms with van der Waals surface area (Å²) in [5.74, 6) is 0. The lowest BCUT2D eigenvalue weighted by molar-refractivity contribution is 0.0205. The first-order chi connectivity index (χ1) is 13.7. The van der Waals surface area contributed by atoms with Crippen LogP contribution in [0.15, 0.2) is 84.9 Å². The predicted octanol–water partition coefficient (Wildman–Crippen LogP) is 4.19. The lowest BCUT2D eigenvalue weighted by atomic mass is 10.1. The van der Waals surface area contributed by atoms with Crippen molar-refractivity contribution in [1.82, 2.24) is 0 Å². The largest absolute Gasteiger partial charge is 0.386 e. The molecular formula is C24H26O4. The van der Waals surface area contributed by atoms with Gasteiger partial charge in [0.2, 0.25) is 0 Å². The van der Waals surface area contributed by atoms with Crippen LogP contribution in [0.5, 0.6) is 0 Å². The van der Waals surface area contributed by atoms with Gasteiger partial charge in [-0.2, -0.15) is 0 Å². The fourth-order valence-corrected chi connectivity index (χ4v) is 2.94. The number of rotatable bonds is 10. The highest BCUT2D eigenvalue weighted by atomic mass is 16.5. The molecule has 2 N–H and O–H groups in total. The van der Waals surface area contributed by atoms with Gasteiger partial charge in [-0.25, -0.2) is 0 Å². The molecule has 0 unspecified atom stereocenters. The van der Waals surface area contributed by atoms with E-state index in [9.17, 15) is 10.2 Å². The Labute approximate surface area is 166 Å². The molecule has 146 valence electrons. The van der Waals surface area contributed by atoms with E-state index in [4.69, 9.17) is 9.47 Å². The molecule has 4 heteroatoms. The summed E-state index contributed by atoms with van der Waals surface area (Å²) in [4.78, 5) is 0. The Hall–Kier alpha value is -2.50. The van der Waals surface area contributed by atoms with Gasteiger partial charge in [0.15, 0.2) is 0 Å². The first kappa shape index (κ1) is 20.2. The lowest BCUT2D eigenvalue weighted by Gasteiger charge is -2.15. The number of benzene rings is 3. The highest BCUT2D eigenvalue weighted by molar-refractivity contribution is 5.26. The van der Waals surface area contributed by atoms with E-state index in [2.05, 4.69) is 0 Å². The van der Waals surface area contributed by atoms with Crippen LogP contribution < -0.4 is 0 Å². The second-order valence-corrected chi connectivity index (χ2v) is 6.65. The predicted molar refractivity (Wildman–Crippen MR) is 109 cm³/mol. The van der Waals surface area contributed by atoms with Crippen molar-refractivity contribution in [2.24, 2.45) is 0 Å². The third-order valence-corrected chi connectivity index (χ3v) is 4.55. The van der Waals surface area contributed by atoms with E-state index >= 15 is 0 Å². The smallest absolute Gasteiger partial charge is 0.102 e. The van der Waals surface area contributed by atoms with Gasteiger partial charge in [-0.05, 0) is 22.3 Å². The van der Waals surface area contributed by atoms with Crippen LogP contribution in [0.25, 0.3) is 0 Å². The van der Waals surface area contributed by atoms with Crippen LogP contribution in [-0.4, -0.2) is 23.4 Å². The normalized spacial score (nSPS) is 13.2. The molecular weight excluding hydrogens is 352 g/mol. The van der Waals surface area contributed by atoms with Gasteiger partial charge in [0, 0.05) is 0 Å². The van der Waals surface area contributed by atoms with E-state index < -0.39 is 12.2 Å². The van der Waals surface area contributed by atoms with Crippen LogP contribution in [0.3, 0.4) is 0 Å². The first-order valence-electron chi connectivity index (χ1n) is 9.42. The maximum Gasteiger partial charge on any atom is 0.102 e. The molecule has 0 bridgehead atoms. The van der Waals surface area contributed by atoms with Crippen molar-refractivity contribution in [3.63, 3.8) is 0 Å². The van der Waals surface area contributed by atoms with E-state index in [1.54, 1.807) is 0 Å². The third kappa shape index (κ3) is 6.01. The van der Waals surface area contributed by atoms with Crippen molar-refractivity contribution in [2.45, 2.75) is 25.4 Å². The Bertz CT molecular complexity index is 750. The molecule has 3 aromatic carbocycles. The molecule has 28 heavy (non-hydrogen) atoms. The van der Waals surface area contributed by atoms with Crippen molar-refractivity contribution in [3.8, 4) is 0 Å². The third-order valence-electron chi connectivity index (χ3n) is 4.55. The van der Waals surface area contributed by atoms with Gasteiger partial charge in [-0.15, -0.1) is 0 Å². The van der Waals surface area contributed by atoms with Gasteiger partial charge in [0.1, 0.15) is 12.2 Å². The maximum atomic E-state index is 10.2. The molecule has 0 aromatic heterocycles. The number of hydrogen-bond acceptors (Lipinski definition) is 4. The van der Waals surface area contributed by atoms with Crippen LogP contribution in [-0.2, 0) is 22.7 Å². The Morgan fingerprint density at radius 3 is 1.29 bits per heavy atom. The summed E-state index contributed by atoms with van der Waals surface area (Å²) in [6, 6.07) is 26.8. The Kier molecular flexibility index (Phi) is 7.76. The molecule has 0 amide bonds. The number of hydrogen-bond donors (Lipinski definition) is 2.